The number of ether oxygens (including phenoxy) is 1. The van der Waals surface area contributed by atoms with Gasteiger partial charge in [-0.3, -0.25) is 13.8 Å². The van der Waals surface area contributed by atoms with Gasteiger partial charge in [0.1, 0.15) is 28.4 Å². The van der Waals surface area contributed by atoms with E-state index in [-0.39, 0.29) is 0 Å². The van der Waals surface area contributed by atoms with Crippen LogP contribution in [0.3, 0.4) is 0 Å². The molecule has 0 aliphatic carbocycles. The molecule has 0 N–H and O–H groups in total. The Kier molecular flexibility index (Phi) is 6.42. The van der Waals surface area contributed by atoms with Gasteiger partial charge in [-0.25, -0.2) is 15.0 Å². The highest BCUT2D eigenvalue weighted by Crippen LogP contribution is 2.40. The zero-order chi connectivity index (χ0) is 34.9. The van der Waals surface area contributed by atoms with Gasteiger partial charge in [-0.15, -0.1) is 0 Å². The van der Waals surface area contributed by atoms with Crippen LogP contribution in [0.25, 0.3) is 88.7 Å². The van der Waals surface area contributed by atoms with Crippen LogP contribution in [0.5, 0.6) is 11.5 Å². The maximum absolute atomic E-state index is 6.70. The summed E-state index contributed by atoms with van der Waals surface area (Å²) >= 11 is 0. The molecule has 0 saturated carbocycles. The second-order valence-corrected chi connectivity index (χ2v) is 13.1. The number of pyridine rings is 4. The first-order valence-electron chi connectivity index (χ1n) is 17.5. The Morgan fingerprint density at radius 1 is 0.434 bits per heavy atom. The van der Waals surface area contributed by atoms with Crippen molar-refractivity contribution in [1.82, 2.24) is 28.7 Å². The van der Waals surface area contributed by atoms with Crippen molar-refractivity contribution in [2.45, 2.75) is 0 Å². The minimum atomic E-state index is 0.704. The van der Waals surface area contributed by atoms with Crippen LogP contribution in [-0.2, 0) is 0 Å². The van der Waals surface area contributed by atoms with E-state index in [4.69, 9.17) is 24.7 Å². The van der Waals surface area contributed by atoms with E-state index in [0.29, 0.717) is 11.5 Å². The Bertz CT molecular complexity index is 3190. The molecule has 7 nitrogen and oxygen atoms in total. The van der Waals surface area contributed by atoms with E-state index in [1.54, 1.807) is 0 Å². The van der Waals surface area contributed by atoms with Crippen LogP contribution >= 0.6 is 0 Å². The van der Waals surface area contributed by atoms with Gasteiger partial charge in [0.2, 0.25) is 0 Å². The van der Waals surface area contributed by atoms with Gasteiger partial charge in [0.05, 0.1) is 34.3 Å². The fourth-order valence-electron chi connectivity index (χ4n) is 7.76. The number of hydrogen-bond acceptors (Lipinski definition) is 5. The first kappa shape index (κ1) is 29.4. The summed E-state index contributed by atoms with van der Waals surface area (Å²) in [5.74, 6) is 1.41. The van der Waals surface area contributed by atoms with Gasteiger partial charge < -0.3 is 4.74 Å². The highest BCUT2D eigenvalue weighted by Gasteiger charge is 2.22. The van der Waals surface area contributed by atoms with E-state index < -0.39 is 0 Å². The molecule has 0 unspecified atom stereocenters. The van der Waals surface area contributed by atoms with Crippen molar-refractivity contribution in [3.8, 4) is 45.3 Å². The Labute approximate surface area is 303 Å². The summed E-state index contributed by atoms with van der Waals surface area (Å²) in [5, 5.41) is 5.05. The predicted octanol–water partition coefficient (Wildman–Crippen LogP) is 11.2. The molecule has 53 heavy (non-hydrogen) atoms. The molecule has 0 saturated heterocycles. The van der Waals surface area contributed by atoms with E-state index in [9.17, 15) is 0 Å². The van der Waals surface area contributed by atoms with Gasteiger partial charge in [-0.2, -0.15) is 0 Å². The molecule has 0 aliphatic heterocycles. The Hall–Kier alpha value is -7.38. The lowest BCUT2D eigenvalue weighted by Crippen LogP contribution is -1.97. The Morgan fingerprint density at radius 2 is 1.06 bits per heavy atom. The summed E-state index contributed by atoms with van der Waals surface area (Å²) in [6.07, 6.45) is 5.63. The molecule has 0 spiro atoms. The van der Waals surface area contributed by atoms with E-state index >= 15 is 0 Å². The van der Waals surface area contributed by atoms with E-state index in [1.807, 2.05) is 73.2 Å². The molecule has 0 fully saturated rings. The van der Waals surface area contributed by atoms with Gasteiger partial charge in [0, 0.05) is 50.6 Å². The lowest BCUT2D eigenvalue weighted by Gasteiger charge is -2.13. The number of aromatic nitrogens is 6. The molecule has 6 aromatic heterocycles. The normalized spacial score (nSPS) is 11.8. The Balaban J connectivity index is 1.12. The first-order chi connectivity index (χ1) is 26.3. The lowest BCUT2D eigenvalue weighted by molar-refractivity contribution is 0.484. The van der Waals surface area contributed by atoms with Gasteiger partial charge >= 0.3 is 0 Å². The molecule has 5 aromatic carbocycles. The topological polar surface area (TPSA) is 69.6 Å². The number of rotatable bonds is 5. The zero-order valence-electron chi connectivity index (χ0n) is 28.3. The van der Waals surface area contributed by atoms with E-state index in [1.165, 1.54) is 0 Å². The van der Waals surface area contributed by atoms with Crippen molar-refractivity contribution in [3.63, 3.8) is 0 Å². The highest BCUT2D eigenvalue weighted by atomic mass is 16.5. The molecule has 7 heteroatoms. The van der Waals surface area contributed by atoms with Gasteiger partial charge in [-0.05, 0) is 66.0 Å². The van der Waals surface area contributed by atoms with Gasteiger partial charge in [0.15, 0.2) is 0 Å². The molecule has 11 aromatic rings. The van der Waals surface area contributed by atoms with Crippen molar-refractivity contribution < 1.29 is 4.74 Å². The molecule has 0 aliphatic rings. The predicted molar refractivity (Wildman–Crippen MR) is 212 cm³/mol. The first-order valence-corrected chi connectivity index (χ1v) is 17.5. The van der Waals surface area contributed by atoms with E-state index in [2.05, 4.69) is 106 Å². The molecule has 6 heterocycles. The Morgan fingerprint density at radius 3 is 1.81 bits per heavy atom. The quantitative estimate of drug-likeness (QED) is 0.169. The largest absolute Gasteiger partial charge is 0.457 e. The van der Waals surface area contributed by atoms with Crippen LogP contribution in [0.1, 0.15) is 0 Å². The lowest BCUT2D eigenvalue weighted by atomic mass is 10.0. The summed E-state index contributed by atoms with van der Waals surface area (Å²) in [6, 6.07) is 51.7. The number of hydrogen-bond donors (Lipinski definition) is 0. The minimum absolute atomic E-state index is 0.704. The summed E-state index contributed by atoms with van der Waals surface area (Å²) < 4.78 is 11.1. The third-order valence-electron chi connectivity index (χ3n) is 10.1. The third-order valence-corrected chi connectivity index (χ3v) is 10.1. The second kappa shape index (κ2) is 11.6. The van der Waals surface area contributed by atoms with Gasteiger partial charge in [-0.1, -0.05) is 91.0 Å². The zero-order valence-corrected chi connectivity index (χ0v) is 28.3. The monoisotopic (exact) mass is 680 g/mol. The van der Waals surface area contributed by atoms with Crippen LogP contribution in [0.4, 0.5) is 0 Å². The molecule has 0 amide bonds. The van der Waals surface area contributed by atoms with Crippen molar-refractivity contribution in [3.05, 3.63) is 170 Å². The van der Waals surface area contributed by atoms with Crippen molar-refractivity contribution in [2.75, 3.05) is 0 Å². The fourth-order valence-corrected chi connectivity index (χ4v) is 7.76. The molecule has 0 bridgehead atoms. The SMILES string of the molecule is c1ccc(-c2nc3c4cc(Oc5ccc6c(c5)c5ncc(-c7ccccc7)n5c5cccnc65)ccc4c4cccnc4n3c2-c2ccccc2)cc1. The third kappa shape index (κ3) is 4.54. The molecular formula is C46H28N6O. The van der Waals surface area contributed by atoms with Crippen LogP contribution in [0, 0.1) is 0 Å². The molecule has 0 radical (unpaired) electrons. The van der Waals surface area contributed by atoms with Crippen LogP contribution in [-0.4, -0.2) is 28.7 Å². The highest BCUT2D eigenvalue weighted by molar-refractivity contribution is 6.13. The maximum Gasteiger partial charge on any atom is 0.147 e. The average molecular weight is 681 g/mol. The second-order valence-electron chi connectivity index (χ2n) is 13.1. The molecule has 11 rings (SSSR count). The van der Waals surface area contributed by atoms with Crippen molar-refractivity contribution in [2.24, 2.45) is 0 Å². The van der Waals surface area contributed by atoms with Crippen molar-refractivity contribution >= 4 is 54.9 Å². The minimum Gasteiger partial charge on any atom is -0.457 e. The smallest absolute Gasteiger partial charge is 0.147 e. The van der Waals surface area contributed by atoms with Crippen LogP contribution in [0.2, 0.25) is 0 Å². The standard InChI is InChI=1S/C46H28N6O/c1-4-12-29(13-5-1)40-28-49-45-38-27-33(21-23-35(38)42-39(51(40)45)19-11-24-47-42)53-32-20-22-34-36-18-10-25-48-44(36)52-43(31-16-8-3-9-17-31)41(30-14-6-2-7-15-30)50-46(52)37(34)26-32/h1-28H. The number of fused-ring (bicyclic) bond motifs is 12. The van der Waals surface area contributed by atoms with Gasteiger partial charge in [0.25, 0.3) is 0 Å². The van der Waals surface area contributed by atoms with Crippen LogP contribution in [0.15, 0.2) is 170 Å². The summed E-state index contributed by atoms with van der Waals surface area (Å²) in [7, 11) is 0. The van der Waals surface area contributed by atoms with E-state index in [0.717, 1.165) is 88.7 Å². The molecular weight excluding hydrogens is 653 g/mol. The summed E-state index contributed by atoms with van der Waals surface area (Å²) in [4.78, 5) is 20.1. The molecule has 0 atom stereocenters. The average Bonchev–Trinajstić information content (AvgIpc) is 3.86. The number of imidazole rings is 2. The fraction of sp³-hybridized carbons (Fsp3) is 0. The van der Waals surface area contributed by atoms with Crippen LogP contribution < -0.4 is 4.74 Å². The number of benzene rings is 5. The number of nitrogens with zero attached hydrogens (tertiary/aromatic N) is 6. The summed E-state index contributed by atoms with van der Waals surface area (Å²) in [6.45, 7) is 0. The maximum atomic E-state index is 6.70. The molecule has 248 valence electrons. The van der Waals surface area contributed by atoms with Crippen molar-refractivity contribution in [1.29, 1.82) is 0 Å². The summed E-state index contributed by atoms with van der Waals surface area (Å²) in [5.41, 5.74) is 10.5.